The number of anilines is 2. The SMILES string of the molecule is O=C(NCc1ccc(N2CCCCC2)nc1)C1CCN(c2ccccc2[N+](=O)[O-])CC1. The molecule has 0 spiro atoms. The molecule has 1 amide bonds. The van der Waals surface area contributed by atoms with Gasteiger partial charge in [-0.05, 0) is 49.8 Å². The van der Waals surface area contributed by atoms with E-state index >= 15 is 0 Å². The molecule has 2 aromatic rings. The van der Waals surface area contributed by atoms with Gasteiger partial charge in [0.2, 0.25) is 5.91 Å². The van der Waals surface area contributed by atoms with Crippen molar-refractivity contribution in [1.29, 1.82) is 0 Å². The lowest BCUT2D eigenvalue weighted by atomic mass is 9.95. The highest BCUT2D eigenvalue weighted by molar-refractivity contribution is 5.79. The van der Waals surface area contributed by atoms with Crippen LogP contribution in [0.2, 0.25) is 0 Å². The normalized spacial score (nSPS) is 17.4. The first kappa shape index (κ1) is 21.1. The molecule has 1 N–H and O–H groups in total. The molecule has 0 bridgehead atoms. The summed E-state index contributed by atoms with van der Waals surface area (Å²) in [6.07, 6.45) is 6.95. The van der Waals surface area contributed by atoms with Crippen molar-refractivity contribution >= 4 is 23.1 Å². The standard InChI is InChI=1S/C23H29N5O3/c29-23(25-17-18-8-9-22(24-16-18)27-12-4-1-5-13-27)19-10-14-26(15-11-19)20-6-2-3-7-21(20)28(30)31/h2-3,6-9,16,19H,1,4-5,10-15,17H2,(H,25,29). The van der Waals surface area contributed by atoms with Gasteiger partial charge in [0.1, 0.15) is 11.5 Å². The Bertz CT molecular complexity index is 904. The van der Waals surface area contributed by atoms with E-state index in [-0.39, 0.29) is 22.4 Å². The third kappa shape index (κ3) is 5.13. The molecule has 1 aromatic heterocycles. The number of rotatable bonds is 6. The number of hydrogen-bond acceptors (Lipinski definition) is 6. The van der Waals surface area contributed by atoms with Crippen LogP contribution in [-0.4, -0.2) is 42.0 Å². The number of nitro benzene ring substituents is 1. The van der Waals surface area contributed by atoms with E-state index in [9.17, 15) is 14.9 Å². The molecular weight excluding hydrogens is 394 g/mol. The highest BCUT2D eigenvalue weighted by Gasteiger charge is 2.28. The van der Waals surface area contributed by atoms with E-state index in [1.807, 2.05) is 29.3 Å². The first-order valence-electron chi connectivity index (χ1n) is 11.1. The molecule has 0 aliphatic carbocycles. The van der Waals surface area contributed by atoms with Crippen molar-refractivity contribution < 1.29 is 9.72 Å². The molecule has 31 heavy (non-hydrogen) atoms. The van der Waals surface area contributed by atoms with Gasteiger partial charge in [-0.25, -0.2) is 4.98 Å². The van der Waals surface area contributed by atoms with Crippen LogP contribution in [0.5, 0.6) is 0 Å². The molecule has 2 fully saturated rings. The lowest BCUT2D eigenvalue weighted by Crippen LogP contribution is -2.40. The van der Waals surface area contributed by atoms with Crippen molar-refractivity contribution in [1.82, 2.24) is 10.3 Å². The summed E-state index contributed by atoms with van der Waals surface area (Å²) in [7, 11) is 0. The molecule has 4 rings (SSSR count). The second kappa shape index (κ2) is 9.76. The second-order valence-corrected chi connectivity index (χ2v) is 8.30. The van der Waals surface area contributed by atoms with Gasteiger partial charge < -0.3 is 15.1 Å². The quantitative estimate of drug-likeness (QED) is 0.565. The van der Waals surface area contributed by atoms with Gasteiger partial charge in [0.15, 0.2) is 0 Å². The fourth-order valence-corrected chi connectivity index (χ4v) is 4.43. The summed E-state index contributed by atoms with van der Waals surface area (Å²) in [4.78, 5) is 32.5. The van der Waals surface area contributed by atoms with Crippen molar-refractivity contribution in [2.24, 2.45) is 5.92 Å². The van der Waals surface area contributed by atoms with Crippen molar-refractivity contribution in [3.05, 3.63) is 58.3 Å². The third-order valence-electron chi connectivity index (χ3n) is 6.24. The zero-order valence-corrected chi connectivity index (χ0v) is 17.7. The average molecular weight is 424 g/mol. The van der Waals surface area contributed by atoms with E-state index in [2.05, 4.69) is 15.2 Å². The van der Waals surface area contributed by atoms with Crippen LogP contribution in [0.1, 0.15) is 37.7 Å². The van der Waals surface area contributed by atoms with Gasteiger partial charge >= 0.3 is 0 Å². The number of carbonyl (C=O) groups excluding carboxylic acids is 1. The summed E-state index contributed by atoms with van der Waals surface area (Å²) in [6, 6.07) is 10.9. The predicted octanol–water partition coefficient (Wildman–Crippen LogP) is 3.51. The lowest BCUT2D eigenvalue weighted by molar-refractivity contribution is -0.384. The molecular formula is C23H29N5O3. The zero-order chi connectivity index (χ0) is 21.6. The largest absolute Gasteiger partial charge is 0.366 e. The first-order chi connectivity index (χ1) is 15.1. The van der Waals surface area contributed by atoms with E-state index in [1.54, 1.807) is 12.1 Å². The maximum Gasteiger partial charge on any atom is 0.292 e. The molecule has 8 heteroatoms. The van der Waals surface area contributed by atoms with Crippen LogP contribution >= 0.6 is 0 Å². The summed E-state index contributed by atoms with van der Waals surface area (Å²) in [6.45, 7) is 3.86. The Labute approximate surface area is 182 Å². The second-order valence-electron chi connectivity index (χ2n) is 8.30. The van der Waals surface area contributed by atoms with E-state index in [0.29, 0.717) is 38.2 Å². The van der Waals surface area contributed by atoms with Crippen LogP contribution in [-0.2, 0) is 11.3 Å². The number of benzene rings is 1. The van der Waals surface area contributed by atoms with Crippen LogP contribution in [0.3, 0.4) is 0 Å². The minimum Gasteiger partial charge on any atom is -0.366 e. The molecule has 164 valence electrons. The molecule has 1 aromatic carbocycles. The van der Waals surface area contributed by atoms with Crippen LogP contribution in [0.25, 0.3) is 0 Å². The Hall–Kier alpha value is -3.16. The molecule has 2 aliphatic heterocycles. The summed E-state index contributed by atoms with van der Waals surface area (Å²) >= 11 is 0. The number of nitrogens with zero attached hydrogens (tertiary/aromatic N) is 4. The van der Waals surface area contributed by atoms with E-state index in [1.165, 1.54) is 25.3 Å². The Morgan fingerprint density at radius 2 is 1.77 bits per heavy atom. The van der Waals surface area contributed by atoms with Gasteiger partial charge in [0, 0.05) is 50.9 Å². The molecule has 8 nitrogen and oxygen atoms in total. The summed E-state index contributed by atoms with van der Waals surface area (Å²) in [5.74, 6) is 0.985. The Morgan fingerprint density at radius 3 is 2.45 bits per heavy atom. The molecule has 0 atom stereocenters. The van der Waals surface area contributed by atoms with E-state index in [4.69, 9.17) is 0 Å². The van der Waals surface area contributed by atoms with E-state index in [0.717, 1.165) is 24.5 Å². The molecule has 2 aliphatic rings. The van der Waals surface area contributed by atoms with E-state index < -0.39 is 0 Å². The number of hydrogen-bond donors (Lipinski definition) is 1. The minimum absolute atomic E-state index is 0.0438. The number of nitro groups is 1. The number of pyridine rings is 1. The minimum atomic E-state index is -0.348. The third-order valence-corrected chi connectivity index (χ3v) is 6.24. The smallest absolute Gasteiger partial charge is 0.292 e. The first-order valence-corrected chi connectivity index (χ1v) is 11.1. The zero-order valence-electron chi connectivity index (χ0n) is 17.7. The number of aromatic nitrogens is 1. The molecule has 0 saturated carbocycles. The lowest BCUT2D eigenvalue weighted by Gasteiger charge is -2.32. The molecule has 0 unspecified atom stereocenters. The van der Waals surface area contributed by atoms with Crippen molar-refractivity contribution in [2.45, 2.75) is 38.6 Å². The number of carbonyl (C=O) groups is 1. The van der Waals surface area contributed by atoms with Crippen LogP contribution in [0, 0.1) is 16.0 Å². The van der Waals surface area contributed by atoms with Gasteiger partial charge in [-0.3, -0.25) is 14.9 Å². The number of piperidine rings is 2. The number of nitrogens with one attached hydrogen (secondary N) is 1. The fraction of sp³-hybridized carbons (Fsp3) is 0.478. The molecule has 0 radical (unpaired) electrons. The van der Waals surface area contributed by atoms with Crippen molar-refractivity contribution in [3.8, 4) is 0 Å². The van der Waals surface area contributed by atoms with Crippen molar-refractivity contribution in [2.75, 3.05) is 36.0 Å². The molecule has 3 heterocycles. The van der Waals surface area contributed by atoms with Crippen LogP contribution < -0.4 is 15.1 Å². The highest BCUT2D eigenvalue weighted by atomic mass is 16.6. The van der Waals surface area contributed by atoms with Gasteiger partial charge in [0.05, 0.1) is 4.92 Å². The van der Waals surface area contributed by atoms with Gasteiger partial charge in [-0.1, -0.05) is 18.2 Å². The maximum absolute atomic E-state index is 12.6. The predicted molar refractivity (Wildman–Crippen MR) is 120 cm³/mol. The van der Waals surface area contributed by atoms with Gasteiger partial charge in [-0.2, -0.15) is 0 Å². The molecule has 2 saturated heterocycles. The Kier molecular flexibility index (Phi) is 6.64. The average Bonchev–Trinajstić information content (AvgIpc) is 2.83. The van der Waals surface area contributed by atoms with Crippen molar-refractivity contribution in [3.63, 3.8) is 0 Å². The number of para-hydroxylation sites is 2. The number of amides is 1. The monoisotopic (exact) mass is 423 g/mol. The summed E-state index contributed by atoms with van der Waals surface area (Å²) in [5.41, 5.74) is 1.74. The summed E-state index contributed by atoms with van der Waals surface area (Å²) < 4.78 is 0. The topological polar surface area (TPSA) is 91.6 Å². The van der Waals surface area contributed by atoms with Crippen LogP contribution in [0.4, 0.5) is 17.2 Å². The maximum atomic E-state index is 12.6. The van der Waals surface area contributed by atoms with Gasteiger partial charge in [-0.15, -0.1) is 0 Å². The highest BCUT2D eigenvalue weighted by Crippen LogP contribution is 2.31. The summed E-state index contributed by atoms with van der Waals surface area (Å²) in [5, 5.41) is 14.3. The van der Waals surface area contributed by atoms with Gasteiger partial charge in [0.25, 0.3) is 5.69 Å². The van der Waals surface area contributed by atoms with Crippen LogP contribution in [0.15, 0.2) is 42.6 Å². The Balaban J connectivity index is 1.26. The Morgan fingerprint density at radius 1 is 1.03 bits per heavy atom. The fourth-order valence-electron chi connectivity index (χ4n) is 4.43.